The molecule has 8 heteroatoms. The van der Waals surface area contributed by atoms with Gasteiger partial charge in [-0.2, -0.15) is 0 Å². The van der Waals surface area contributed by atoms with E-state index in [4.69, 9.17) is 21.1 Å². The molecule has 29 heavy (non-hydrogen) atoms. The van der Waals surface area contributed by atoms with Crippen LogP contribution in [0.2, 0.25) is 4.34 Å². The number of nitrogens with one attached hydrogen (secondary N) is 1. The van der Waals surface area contributed by atoms with Gasteiger partial charge in [-0.15, -0.1) is 11.3 Å². The molecule has 1 unspecified atom stereocenters. The van der Waals surface area contributed by atoms with Crippen molar-refractivity contribution in [2.75, 3.05) is 18.4 Å². The van der Waals surface area contributed by atoms with Crippen LogP contribution in [-0.2, 0) is 9.47 Å². The summed E-state index contributed by atoms with van der Waals surface area (Å²) in [7, 11) is 1.53. The van der Waals surface area contributed by atoms with E-state index in [-0.39, 0.29) is 17.9 Å². The van der Waals surface area contributed by atoms with E-state index in [0.717, 1.165) is 15.3 Å². The molecule has 0 fully saturated rings. The molecule has 3 rings (SSSR count). The number of hydrogen-bond donors (Lipinski definition) is 2. The van der Waals surface area contributed by atoms with E-state index in [1.54, 1.807) is 13.0 Å². The van der Waals surface area contributed by atoms with Gasteiger partial charge in [0.05, 0.1) is 10.8 Å². The lowest BCUT2D eigenvalue weighted by Gasteiger charge is -2.13. The average Bonchev–Trinajstić information content (AvgIpc) is 3.08. The molecule has 1 atom stereocenters. The fourth-order valence-electron chi connectivity index (χ4n) is 2.60. The average molecular weight is 450 g/mol. The van der Waals surface area contributed by atoms with E-state index in [0.29, 0.717) is 10.0 Å². The van der Waals surface area contributed by atoms with Crippen LogP contribution in [0.25, 0.3) is 11.1 Å². The zero-order chi connectivity index (χ0) is 20.8. The van der Waals surface area contributed by atoms with Crippen LogP contribution >= 0.6 is 34.9 Å². The van der Waals surface area contributed by atoms with Crippen LogP contribution in [-0.4, -0.2) is 30.9 Å². The number of anilines is 1. The summed E-state index contributed by atoms with van der Waals surface area (Å²) in [6.07, 6.45) is -0.400. The fourth-order valence-corrected chi connectivity index (χ4v) is 4.86. The number of benzene rings is 2. The zero-order valence-corrected chi connectivity index (χ0v) is 18.2. The van der Waals surface area contributed by atoms with E-state index >= 15 is 0 Å². The molecule has 0 spiro atoms. The number of halogens is 1. The number of phenols is 1. The predicted octanol–water partition coefficient (Wildman–Crippen LogP) is 6.09. The third-order valence-corrected chi connectivity index (χ3v) is 6.26. The Balaban J connectivity index is 1.65. The van der Waals surface area contributed by atoms with Crippen molar-refractivity contribution in [3.8, 4) is 16.9 Å². The smallest absolute Gasteiger partial charge is 0.342 e. The summed E-state index contributed by atoms with van der Waals surface area (Å²) < 4.78 is 15.0. The van der Waals surface area contributed by atoms with Gasteiger partial charge in [0.1, 0.15) is 21.8 Å². The topological polar surface area (TPSA) is 67.8 Å². The number of carbonyl (C=O) groups excluding carboxylic acids is 1. The molecule has 152 valence electrons. The first-order chi connectivity index (χ1) is 14.0. The fraction of sp³-hybridized carbons (Fsp3) is 0.190. The van der Waals surface area contributed by atoms with Gasteiger partial charge in [-0.1, -0.05) is 41.9 Å². The highest BCUT2D eigenvalue weighted by Gasteiger charge is 2.16. The molecule has 2 aromatic carbocycles. The third-order valence-electron chi connectivity index (χ3n) is 3.95. The first kappa shape index (κ1) is 21.5. The van der Waals surface area contributed by atoms with Crippen LogP contribution in [0.3, 0.4) is 0 Å². The van der Waals surface area contributed by atoms with Gasteiger partial charge in [0.15, 0.2) is 0 Å². The highest BCUT2D eigenvalue weighted by atomic mass is 35.5. The van der Waals surface area contributed by atoms with E-state index in [9.17, 15) is 9.90 Å². The number of methoxy groups -OCH3 is 1. The van der Waals surface area contributed by atoms with E-state index < -0.39 is 12.1 Å². The largest absolute Gasteiger partial charge is 0.507 e. The number of hydrogen-bond acceptors (Lipinski definition) is 7. The highest BCUT2D eigenvalue weighted by Crippen LogP contribution is 2.40. The molecule has 2 N–H and O–H groups in total. The van der Waals surface area contributed by atoms with Crippen LogP contribution < -0.4 is 4.72 Å². The number of phenolic OH excluding ortho intramolecular Hbond substituents is 1. The van der Waals surface area contributed by atoms with E-state index in [1.807, 2.05) is 36.4 Å². The van der Waals surface area contributed by atoms with E-state index in [2.05, 4.69) is 4.72 Å². The molecule has 1 heterocycles. The van der Waals surface area contributed by atoms with Crippen LogP contribution in [0, 0.1) is 0 Å². The predicted molar refractivity (Wildman–Crippen MR) is 119 cm³/mol. The van der Waals surface area contributed by atoms with Crippen molar-refractivity contribution < 1.29 is 19.4 Å². The second kappa shape index (κ2) is 10.0. The molecule has 0 radical (unpaired) electrons. The lowest BCUT2D eigenvalue weighted by Crippen LogP contribution is -2.19. The molecule has 0 aliphatic heterocycles. The number of thiophene rings is 1. The van der Waals surface area contributed by atoms with Crippen molar-refractivity contribution in [2.45, 2.75) is 17.2 Å². The molecule has 5 nitrogen and oxygen atoms in total. The molecule has 0 aliphatic carbocycles. The molecular weight excluding hydrogens is 430 g/mol. The van der Waals surface area contributed by atoms with Gasteiger partial charge < -0.3 is 19.3 Å². The van der Waals surface area contributed by atoms with Crippen LogP contribution in [0.1, 0.15) is 17.3 Å². The molecule has 3 aromatic rings. The van der Waals surface area contributed by atoms with Crippen molar-refractivity contribution in [1.82, 2.24) is 0 Å². The van der Waals surface area contributed by atoms with Gasteiger partial charge in [-0.3, -0.25) is 0 Å². The monoisotopic (exact) mass is 449 g/mol. The van der Waals surface area contributed by atoms with Gasteiger partial charge in [0, 0.05) is 24.4 Å². The Labute approximate surface area is 182 Å². The standard InChI is InChI=1S/C21H20ClNO4S2/c1-13(12-26-2)27-21(25)16-9-8-15(10-18(16)24)23-29-19-11-17(20(22)28-19)14-6-4-3-5-7-14/h3-11,13,23-24H,12H2,1-2H3. The van der Waals surface area contributed by atoms with Gasteiger partial charge in [0.2, 0.25) is 0 Å². The zero-order valence-electron chi connectivity index (χ0n) is 15.8. The molecule has 1 aromatic heterocycles. The Kier molecular flexibility index (Phi) is 7.44. The van der Waals surface area contributed by atoms with Crippen LogP contribution in [0.15, 0.2) is 58.8 Å². The second-order valence-corrected chi connectivity index (χ2v) is 8.99. The summed E-state index contributed by atoms with van der Waals surface area (Å²) in [6, 6.07) is 16.7. The van der Waals surface area contributed by atoms with Crippen molar-refractivity contribution in [2.24, 2.45) is 0 Å². The van der Waals surface area contributed by atoms with Gasteiger partial charge in [0.25, 0.3) is 0 Å². The summed E-state index contributed by atoms with van der Waals surface area (Å²) >= 11 is 9.24. The number of rotatable bonds is 8. The molecule has 0 saturated carbocycles. The first-order valence-corrected chi connectivity index (χ1v) is 10.8. The van der Waals surface area contributed by atoms with E-state index in [1.165, 1.54) is 42.5 Å². The summed E-state index contributed by atoms with van der Waals surface area (Å²) in [5.41, 5.74) is 2.80. The maximum Gasteiger partial charge on any atom is 0.342 e. The number of esters is 1. The Morgan fingerprint density at radius 2 is 2.00 bits per heavy atom. The Bertz CT molecular complexity index is 978. The summed E-state index contributed by atoms with van der Waals surface area (Å²) in [4.78, 5) is 12.1. The number of aromatic hydroxyl groups is 1. The minimum atomic E-state index is -0.594. The summed E-state index contributed by atoms with van der Waals surface area (Å²) in [5, 5.41) is 10.2. The van der Waals surface area contributed by atoms with Crippen molar-refractivity contribution in [3.05, 3.63) is 64.5 Å². The van der Waals surface area contributed by atoms with Crippen LogP contribution in [0.5, 0.6) is 5.75 Å². The number of carbonyl (C=O) groups is 1. The molecule has 0 bridgehead atoms. The Morgan fingerprint density at radius 1 is 1.24 bits per heavy atom. The SMILES string of the molecule is COCC(C)OC(=O)c1ccc(NSc2cc(-c3ccccc3)c(Cl)s2)cc1O. The lowest BCUT2D eigenvalue weighted by molar-refractivity contribution is 0.0118. The van der Waals surface area contributed by atoms with Crippen molar-refractivity contribution in [3.63, 3.8) is 0 Å². The normalized spacial score (nSPS) is 11.8. The summed E-state index contributed by atoms with van der Waals surface area (Å²) in [6.45, 7) is 2.01. The van der Waals surface area contributed by atoms with Gasteiger partial charge in [-0.05, 0) is 42.6 Å². The summed E-state index contributed by atoms with van der Waals surface area (Å²) in [5.74, 6) is -0.747. The molecular formula is C21H20ClNO4S2. The van der Waals surface area contributed by atoms with Gasteiger partial charge >= 0.3 is 5.97 Å². The Hall–Kier alpha value is -2.19. The Morgan fingerprint density at radius 3 is 2.69 bits per heavy atom. The van der Waals surface area contributed by atoms with Crippen molar-refractivity contribution >= 4 is 46.5 Å². The minimum absolute atomic E-state index is 0.106. The number of ether oxygens (including phenoxy) is 2. The van der Waals surface area contributed by atoms with Crippen LogP contribution in [0.4, 0.5) is 5.69 Å². The highest BCUT2D eigenvalue weighted by molar-refractivity contribution is 8.02. The maximum atomic E-state index is 12.1. The third kappa shape index (κ3) is 5.67. The first-order valence-electron chi connectivity index (χ1n) is 8.78. The quantitative estimate of drug-likeness (QED) is 0.320. The maximum absolute atomic E-state index is 12.1. The molecule has 0 amide bonds. The second-order valence-electron chi connectivity index (χ2n) is 6.23. The van der Waals surface area contributed by atoms with Gasteiger partial charge in [-0.25, -0.2) is 4.79 Å². The minimum Gasteiger partial charge on any atom is -0.507 e. The lowest BCUT2D eigenvalue weighted by atomic mass is 10.1. The molecule has 0 saturated heterocycles. The molecule has 0 aliphatic rings. The van der Waals surface area contributed by atoms with Crippen molar-refractivity contribution in [1.29, 1.82) is 0 Å².